The third-order valence-corrected chi connectivity index (χ3v) is 4.20. The Morgan fingerprint density at radius 3 is 2.88 bits per heavy atom. The molecule has 1 atom stereocenters. The lowest BCUT2D eigenvalue weighted by atomic mass is 10.1. The number of amides is 1. The fourth-order valence-corrected chi connectivity index (χ4v) is 2.84. The first kappa shape index (κ1) is 17.5. The molecule has 1 aromatic carbocycles. The number of aromatic nitrogens is 2. The highest BCUT2D eigenvalue weighted by molar-refractivity contribution is 5.76. The van der Waals surface area contributed by atoms with E-state index in [-0.39, 0.29) is 17.8 Å². The van der Waals surface area contributed by atoms with Crippen molar-refractivity contribution >= 4 is 5.91 Å². The number of carbonyl (C=O) groups is 1. The van der Waals surface area contributed by atoms with E-state index in [1.807, 2.05) is 0 Å². The molecule has 0 spiro atoms. The molecule has 1 aliphatic heterocycles. The molecule has 0 saturated carbocycles. The quantitative estimate of drug-likeness (QED) is 0.804. The molecule has 3 rings (SSSR count). The van der Waals surface area contributed by atoms with E-state index in [1.54, 1.807) is 17.0 Å². The Morgan fingerprint density at radius 2 is 2.12 bits per heavy atom. The number of rotatable bonds is 6. The molecule has 134 valence electrons. The lowest BCUT2D eigenvalue weighted by molar-refractivity contribution is -0.139. The van der Waals surface area contributed by atoms with E-state index in [2.05, 4.69) is 17.1 Å². The monoisotopic (exact) mass is 347 g/mol. The van der Waals surface area contributed by atoms with Crippen LogP contribution in [0.3, 0.4) is 0 Å². The maximum absolute atomic E-state index is 13.0. The van der Waals surface area contributed by atoms with Gasteiger partial charge in [0, 0.05) is 25.8 Å². The molecular formula is C18H22FN3O3. The van der Waals surface area contributed by atoms with Crippen molar-refractivity contribution in [3.63, 3.8) is 0 Å². The lowest BCUT2D eigenvalue weighted by Crippen LogP contribution is -2.42. The van der Waals surface area contributed by atoms with Crippen LogP contribution >= 0.6 is 0 Å². The van der Waals surface area contributed by atoms with Gasteiger partial charge in [0.15, 0.2) is 5.82 Å². The van der Waals surface area contributed by atoms with Gasteiger partial charge in [0.05, 0.1) is 13.2 Å². The summed E-state index contributed by atoms with van der Waals surface area (Å²) in [4.78, 5) is 18.5. The molecule has 0 bridgehead atoms. The van der Waals surface area contributed by atoms with E-state index in [9.17, 15) is 9.18 Å². The standard InChI is InChI=1S/C18H22FN3O3/c1-2-3-16-20-17(25-21-16)8-9-18(23)22-10-11-24-15(12-22)13-4-6-14(19)7-5-13/h4-7,15H,2-3,8-12H2,1H3/t15-/m0/s1. The molecule has 25 heavy (non-hydrogen) atoms. The molecule has 6 nitrogen and oxygen atoms in total. The maximum Gasteiger partial charge on any atom is 0.227 e. The van der Waals surface area contributed by atoms with Crippen molar-refractivity contribution in [1.82, 2.24) is 15.0 Å². The molecule has 2 heterocycles. The van der Waals surface area contributed by atoms with Gasteiger partial charge in [-0.3, -0.25) is 4.79 Å². The van der Waals surface area contributed by atoms with Crippen LogP contribution in [0.5, 0.6) is 0 Å². The van der Waals surface area contributed by atoms with Crippen LogP contribution in [0.1, 0.15) is 43.1 Å². The number of hydrogen-bond donors (Lipinski definition) is 0. The molecule has 0 radical (unpaired) electrons. The Balaban J connectivity index is 1.53. The summed E-state index contributed by atoms with van der Waals surface area (Å²) in [5, 5.41) is 3.89. The van der Waals surface area contributed by atoms with E-state index >= 15 is 0 Å². The van der Waals surface area contributed by atoms with Crippen LogP contribution in [0.2, 0.25) is 0 Å². The Morgan fingerprint density at radius 1 is 1.32 bits per heavy atom. The van der Waals surface area contributed by atoms with Gasteiger partial charge in [0.1, 0.15) is 11.9 Å². The first-order valence-corrected chi connectivity index (χ1v) is 8.62. The highest BCUT2D eigenvalue weighted by atomic mass is 19.1. The first-order chi connectivity index (χ1) is 12.2. The third kappa shape index (κ3) is 4.63. The van der Waals surface area contributed by atoms with Crippen LogP contribution in [-0.2, 0) is 22.4 Å². The fourth-order valence-electron chi connectivity index (χ4n) is 2.84. The molecular weight excluding hydrogens is 325 g/mol. The number of morpholine rings is 1. The van der Waals surface area contributed by atoms with Gasteiger partial charge in [-0.2, -0.15) is 4.98 Å². The van der Waals surface area contributed by atoms with Gasteiger partial charge >= 0.3 is 0 Å². The highest BCUT2D eigenvalue weighted by Crippen LogP contribution is 2.23. The molecule has 1 fully saturated rings. The van der Waals surface area contributed by atoms with Crippen molar-refractivity contribution in [3.05, 3.63) is 47.4 Å². The molecule has 2 aromatic rings. The summed E-state index contributed by atoms with van der Waals surface area (Å²) < 4.78 is 23.9. The topological polar surface area (TPSA) is 68.5 Å². The van der Waals surface area contributed by atoms with Crippen molar-refractivity contribution in [2.24, 2.45) is 0 Å². The van der Waals surface area contributed by atoms with E-state index in [0.717, 1.165) is 18.4 Å². The molecule has 0 aliphatic carbocycles. The number of carbonyl (C=O) groups excluding carboxylic acids is 1. The Hall–Kier alpha value is -2.28. The number of benzene rings is 1. The van der Waals surface area contributed by atoms with Gasteiger partial charge in [-0.1, -0.05) is 24.2 Å². The summed E-state index contributed by atoms with van der Waals surface area (Å²) in [6, 6.07) is 6.20. The number of halogens is 1. The Bertz CT molecular complexity index is 702. The minimum absolute atomic E-state index is 0.0330. The second-order valence-electron chi connectivity index (χ2n) is 6.11. The van der Waals surface area contributed by atoms with Crippen LogP contribution in [0.25, 0.3) is 0 Å². The fraction of sp³-hybridized carbons (Fsp3) is 0.500. The Kier molecular flexibility index (Phi) is 5.75. The predicted octanol–water partition coefficient (Wildman–Crippen LogP) is 2.69. The molecule has 0 unspecified atom stereocenters. The molecule has 1 aromatic heterocycles. The average molecular weight is 347 g/mol. The zero-order valence-corrected chi connectivity index (χ0v) is 14.3. The second-order valence-corrected chi connectivity index (χ2v) is 6.11. The SMILES string of the molecule is CCCc1noc(CCC(=O)N2CCO[C@H](c3ccc(F)cc3)C2)n1. The number of nitrogens with zero attached hydrogens (tertiary/aromatic N) is 3. The first-order valence-electron chi connectivity index (χ1n) is 8.62. The minimum Gasteiger partial charge on any atom is -0.370 e. The van der Waals surface area contributed by atoms with E-state index in [1.165, 1.54) is 12.1 Å². The van der Waals surface area contributed by atoms with Gasteiger partial charge < -0.3 is 14.2 Å². The molecule has 1 amide bonds. The second kappa shape index (κ2) is 8.20. The summed E-state index contributed by atoms with van der Waals surface area (Å²) >= 11 is 0. The van der Waals surface area contributed by atoms with Crippen LogP contribution in [0, 0.1) is 5.82 Å². The van der Waals surface area contributed by atoms with E-state index in [4.69, 9.17) is 9.26 Å². The zero-order chi connectivity index (χ0) is 17.6. The Labute approximate surface area is 146 Å². The summed E-state index contributed by atoms with van der Waals surface area (Å²) in [6.45, 7) is 3.54. The number of aryl methyl sites for hydroxylation is 2. The molecule has 1 aliphatic rings. The number of ether oxygens (including phenoxy) is 1. The van der Waals surface area contributed by atoms with Crippen molar-refractivity contribution < 1.29 is 18.4 Å². The molecule has 1 saturated heterocycles. The summed E-state index contributed by atoms with van der Waals surface area (Å²) in [6.07, 6.45) is 2.27. The summed E-state index contributed by atoms with van der Waals surface area (Å²) in [5.41, 5.74) is 0.875. The summed E-state index contributed by atoms with van der Waals surface area (Å²) in [7, 11) is 0. The van der Waals surface area contributed by atoms with E-state index < -0.39 is 0 Å². The smallest absolute Gasteiger partial charge is 0.227 e. The van der Waals surface area contributed by atoms with Gasteiger partial charge in [-0.25, -0.2) is 4.39 Å². The van der Waals surface area contributed by atoms with Crippen LogP contribution in [0.4, 0.5) is 4.39 Å². The highest BCUT2D eigenvalue weighted by Gasteiger charge is 2.25. The van der Waals surface area contributed by atoms with Crippen LogP contribution in [-0.4, -0.2) is 40.6 Å². The van der Waals surface area contributed by atoms with E-state index in [0.29, 0.717) is 44.3 Å². The van der Waals surface area contributed by atoms with Gasteiger partial charge in [-0.15, -0.1) is 0 Å². The minimum atomic E-state index is -0.283. The van der Waals surface area contributed by atoms with Gasteiger partial charge in [-0.05, 0) is 24.1 Å². The third-order valence-electron chi connectivity index (χ3n) is 4.20. The average Bonchev–Trinajstić information content (AvgIpc) is 3.08. The van der Waals surface area contributed by atoms with Crippen LogP contribution < -0.4 is 0 Å². The van der Waals surface area contributed by atoms with Crippen molar-refractivity contribution in [2.75, 3.05) is 19.7 Å². The van der Waals surface area contributed by atoms with Crippen LogP contribution in [0.15, 0.2) is 28.8 Å². The zero-order valence-electron chi connectivity index (χ0n) is 14.3. The number of hydrogen-bond acceptors (Lipinski definition) is 5. The lowest BCUT2D eigenvalue weighted by Gasteiger charge is -2.33. The maximum atomic E-state index is 13.0. The van der Waals surface area contributed by atoms with Crippen molar-refractivity contribution in [1.29, 1.82) is 0 Å². The normalized spacial score (nSPS) is 17.7. The van der Waals surface area contributed by atoms with Gasteiger partial charge in [0.25, 0.3) is 0 Å². The van der Waals surface area contributed by atoms with Crippen molar-refractivity contribution in [3.8, 4) is 0 Å². The largest absolute Gasteiger partial charge is 0.370 e. The van der Waals surface area contributed by atoms with Gasteiger partial charge in [0.2, 0.25) is 11.8 Å². The molecule has 0 N–H and O–H groups in total. The van der Waals surface area contributed by atoms with Crippen molar-refractivity contribution in [2.45, 2.75) is 38.7 Å². The summed E-state index contributed by atoms with van der Waals surface area (Å²) in [5.74, 6) is 0.938. The predicted molar refractivity (Wildman–Crippen MR) is 88.3 cm³/mol. The molecule has 7 heteroatoms.